The SMILES string of the molecule is COc1cc(OC)cc(-c2nc(C(C)C)[nH]c(=O)c2C)c1. The highest BCUT2D eigenvalue weighted by atomic mass is 16.5. The lowest BCUT2D eigenvalue weighted by Crippen LogP contribution is -2.16. The first-order valence-electron chi connectivity index (χ1n) is 6.80. The van der Waals surface area contributed by atoms with Gasteiger partial charge in [-0.1, -0.05) is 13.8 Å². The molecule has 2 aromatic rings. The molecule has 112 valence electrons. The lowest BCUT2D eigenvalue weighted by molar-refractivity contribution is 0.394. The van der Waals surface area contributed by atoms with E-state index >= 15 is 0 Å². The van der Waals surface area contributed by atoms with Crippen LogP contribution in [0.15, 0.2) is 23.0 Å². The van der Waals surface area contributed by atoms with Crippen molar-refractivity contribution < 1.29 is 9.47 Å². The number of rotatable bonds is 4. The van der Waals surface area contributed by atoms with Crippen molar-refractivity contribution in [1.82, 2.24) is 9.97 Å². The number of nitrogens with zero attached hydrogens (tertiary/aromatic N) is 1. The molecule has 0 saturated heterocycles. The van der Waals surface area contributed by atoms with Gasteiger partial charge in [0.25, 0.3) is 5.56 Å². The van der Waals surface area contributed by atoms with E-state index in [0.29, 0.717) is 28.6 Å². The number of hydrogen-bond donors (Lipinski definition) is 1. The second-order valence-electron chi connectivity index (χ2n) is 5.18. The number of hydrogen-bond acceptors (Lipinski definition) is 4. The van der Waals surface area contributed by atoms with E-state index in [0.717, 1.165) is 5.56 Å². The van der Waals surface area contributed by atoms with E-state index in [-0.39, 0.29) is 11.5 Å². The molecule has 0 radical (unpaired) electrons. The Kier molecular flexibility index (Phi) is 4.31. The third-order valence-corrected chi connectivity index (χ3v) is 3.34. The summed E-state index contributed by atoms with van der Waals surface area (Å²) in [5.41, 5.74) is 1.91. The molecule has 1 aromatic heterocycles. The van der Waals surface area contributed by atoms with Gasteiger partial charge in [-0.05, 0) is 19.1 Å². The van der Waals surface area contributed by atoms with Crippen LogP contribution in [0.2, 0.25) is 0 Å². The second kappa shape index (κ2) is 5.99. The van der Waals surface area contributed by atoms with Crippen molar-refractivity contribution >= 4 is 0 Å². The average Bonchev–Trinajstić information content (AvgIpc) is 2.48. The summed E-state index contributed by atoms with van der Waals surface area (Å²) < 4.78 is 10.5. The molecule has 0 aliphatic rings. The lowest BCUT2D eigenvalue weighted by Gasteiger charge is -2.12. The molecule has 1 heterocycles. The monoisotopic (exact) mass is 288 g/mol. The fourth-order valence-corrected chi connectivity index (χ4v) is 2.05. The number of methoxy groups -OCH3 is 2. The van der Waals surface area contributed by atoms with Crippen LogP contribution in [0.3, 0.4) is 0 Å². The van der Waals surface area contributed by atoms with E-state index in [2.05, 4.69) is 9.97 Å². The molecule has 0 spiro atoms. The van der Waals surface area contributed by atoms with Gasteiger partial charge in [0.05, 0.1) is 19.9 Å². The molecule has 5 heteroatoms. The Morgan fingerprint density at radius 1 is 1.10 bits per heavy atom. The van der Waals surface area contributed by atoms with Gasteiger partial charge in [-0.25, -0.2) is 4.98 Å². The fraction of sp³-hybridized carbons (Fsp3) is 0.375. The summed E-state index contributed by atoms with van der Waals surface area (Å²) in [6, 6.07) is 5.48. The minimum Gasteiger partial charge on any atom is -0.497 e. The summed E-state index contributed by atoms with van der Waals surface area (Å²) in [5, 5.41) is 0. The first kappa shape index (κ1) is 15.1. The molecule has 0 aliphatic carbocycles. The summed E-state index contributed by atoms with van der Waals surface area (Å²) in [7, 11) is 3.19. The van der Waals surface area contributed by atoms with Gasteiger partial charge in [0.2, 0.25) is 0 Å². The number of ether oxygens (including phenoxy) is 2. The molecule has 5 nitrogen and oxygen atoms in total. The number of benzene rings is 1. The van der Waals surface area contributed by atoms with Crippen LogP contribution in [-0.4, -0.2) is 24.2 Å². The van der Waals surface area contributed by atoms with Gasteiger partial charge in [0.15, 0.2) is 0 Å². The van der Waals surface area contributed by atoms with E-state index < -0.39 is 0 Å². The smallest absolute Gasteiger partial charge is 0.254 e. The van der Waals surface area contributed by atoms with Crippen molar-refractivity contribution in [2.45, 2.75) is 26.7 Å². The molecule has 0 bridgehead atoms. The third kappa shape index (κ3) is 3.07. The zero-order valence-electron chi connectivity index (χ0n) is 13.0. The first-order chi connectivity index (χ1) is 9.96. The molecule has 2 rings (SSSR count). The summed E-state index contributed by atoms with van der Waals surface area (Å²) in [6.07, 6.45) is 0. The van der Waals surface area contributed by atoms with Crippen molar-refractivity contribution in [3.8, 4) is 22.8 Å². The van der Waals surface area contributed by atoms with Crippen molar-refractivity contribution in [1.29, 1.82) is 0 Å². The number of H-pyrrole nitrogens is 1. The number of nitrogens with one attached hydrogen (secondary N) is 1. The second-order valence-corrected chi connectivity index (χ2v) is 5.18. The maximum Gasteiger partial charge on any atom is 0.254 e. The van der Waals surface area contributed by atoms with Gasteiger partial charge >= 0.3 is 0 Å². The molecule has 0 unspecified atom stereocenters. The normalized spacial score (nSPS) is 10.8. The van der Waals surface area contributed by atoms with Crippen LogP contribution in [0.25, 0.3) is 11.3 Å². The van der Waals surface area contributed by atoms with Gasteiger partial charge in [0.1, 0.15) is 17.3 Å². The molecular weight excluding hydrogens is 268 g/mol. The fourth-order valence-electron chi connectivity index (χ4n) is 2.05. The van der Waals surface area contributed by atoms with E-state index in [4.69, 9.17) is 9.47 Å². The molecule has 0 aliphatic heterocycles. The van der Waals surface area contributed by atoms with Gasteiger partial charge in [-0.2, -0.15) is 0 Å². The Hall–Kier alpha value is -2.30. The highest BCUT2D eigenvalue weighted by molar-refractivity contribution is 5.66. The quantitative estimate of drug-likeness (QED) is 0.939. The van der Waals surface area contributed by atoms with Crippen molar-refractivity contribution in [3.63, 3.8) is 0 Å². The molecule has 1 N–H and O–H groups in total. The standard InChI is InChI=1S/C16H20N2O3/c1-9(2)15-17-14(10(3)16(19)18-15)11-6-12(20-4)8-13(7-11)21-5/h6-9H,1-5H3,(H,17,18,19). The molecular formula is C16H20N2O3. The molecule has 0 amide bonds. The minimum absolute atomic E-state index is 0.120. The topological polar surface area (TPSA) is 64.2 Å². The number of aromatic nitrogens is 2. The average molecular weight is 288 g/mol. The predicted octanol–water partition coefficient (Wildman–Crippen LogP) is 2.89. The van der Waals surface area contributed by atoms with Crippen molar-refractivity contribution in [2.24, 2.45) is 0 Å². The largest absolute Gasteiger partial charge is 0.497 e. The summed E-state index contributed by atoms with van der Waals surface area (Å²) >= 11 is 0. The molecule has 1 aromatic carbocycles. The first-order valence-corrected chi connectivity index (χ1v) is 6.80. The van der Waals surface area contributed by atoms with Crippen molar-refractivity contribution in [3.05, 3.63) is 39.9 Å². The predicted molar refractivity (Wildman–Crippen MR) is 82.2 cm³/mol. The van der Waals surface area contributed by atoms with Gasteiger partial charge in [0, 0.05) is 23.1 Å². The lowest BCUT2D eigenvalue weighted by atomic mass is 10.1. The Morgan fingerprint density at radius 3 is 2.14 bits per heavy atom. The Bertz CT molecular complexity index is 683. The zero-order valence-corrected chi connectivity index (χ0v) is 13.0. The van der Waals surface area contributed by atoms with Gasteiger partial charge in [-0.15, -0.1) is 0 Å². The van der Waals surface area contributed by atoms with Crippen LogP contribution in [0.4, 0.5) is 0 Å². The molecule has 0 saturated carbocycles. The Balaban J connectivity index is 2.68. The number of aromatic amines is 1. The summed E-state index contributed by atoms with van der Waals surface area (Å²) in [4.78, 5) is 19.5. The van der Waals surface area contributed by atoms with Gasteiger partial charge in [-0.3, -0.25) is 4.79 Å². The molecule has 0 fully saturated rings. The molecule has 0 atom stereocenters. The van der Waals surface area contributed by atoms with Crippen LogP contribution in [-0.2, 0) is 0 Å². The zero-order chi connectivity index (χ0) is 15.6. The maximum absolute atomic E-state index is 12.1. The van der Waals surface area contributed by atoms with E-state index in [1.807, 2.05) is 26.0 Å². The van der Waals surface area contributed by atoms with Crippen LogP contribution in [0.5, 0.6) is 11.5 Å². The highest BCUT2D eigenvalue weighted by Crippen LogP contribution is 2.30. The summed E-state index contributed by atoms with van der Waals surface area (Å²) in [6.45, 7) is 5.74. The van der Waals surface area contributed by atoms with Crippen molar-refractivity contribution in [2.75, 3.05) is 14.2 Å². The Labute approximate surface area is 124 Å². The maximum atomic E-state index is 12.1. The molecule has 21 heavy (non-hydrogen) atoms. The van der Waals surface area contributed by atoms with E-state index in [1.54, 1.807) is 27.2 Å². The minimum atomic E-state index is -0.120. The summed E-state index contributed by atoms with van der Waals surface area (Å²) in [5.74, 6) is 2.14. The van der Waals surface area contributed by atoms with Crippen LogP contribution < -0.4 is 15.0 Å². The van der Waals surface area contributed by atoms with E-state index in [1.165, 1.54) is 0 Å². The third-order valence-electron chi connectivity index (χ3n) is 3.34. The van der Waals surface area contributed by atoms with Gasteiger partial charge < -0.3 is 14.5 Å². The highest BCUT2D eigenvalue weighted by Gasteiger charge is 2.13. The van der Waals surface area contributed by atoms with Crippen LogP contribution in [0, 0.1) is 6.92 Å². The van der Waals surface area contributed by atoms with Crippen LogP contribution in [0.1, 0.15) is 31.2 Å². The Morgan fingerprint density at radius 2 is 1.67 bits per heavy atom. The van der Waals surface area contributed by atoms with E-state index in [9.17, 15) is 4.79 Å². The van der Waals surface area contributed by atoms with Crippen LogP contribution >= 0.6 is 0 Å².